The van der Waals surface area contributed by atoms with Crippen molar-refractivity contribution in [2.45, 2.75) is 38.6 Å². The fraction of sp³-hybridized carbons (Fsp3) is 0.333. The number of benzene rings is 2. The molecule has 1 aromatic heterocycles. The number of rotatable bonds is 2. The van der Waals surface area contributed by atoms with Crippen molar-refractivity contribution in [2.75, 3.05) is 12.0 Å². The van der Waals surface area contributed by atoms with Crippen LogP contribution in [0.15, 0.2) is 48.7 Å². The van der Waals surface area contributed by atoms with Gasteiger partial charge in [0.2, 0.25) is 0 Å². The van der Waals surface area contributed by atoms with Gasteiger partial charge in [-0.25, -0.2) is 10.2 Å². The molecular formula is C21H24N4O2. The Morgan fingerprint density at radius 3 is 2.85 bits per heavy atom. The number of amides is 2. The Balaban J connectivity index is 1.51. The zero-order valence-corrected chi connectivity index (χ0v) is 15.8. The van der Waals surface area contributed by atoms with E-state index < -0.39 is 0 Å². The molecular weight excluding hydrogens is 340 g/mol. The van der Waals surface area contributed by atoms with Crippen LogP contribution in [0.2, 0.25) is 0 Å². The van der Waals surface area contributed by atoms with E-state index in [1.165, 1.54) is 10.4 Å². The number of para-hydroxylation sites is 1. The molecule has 2 amide bonds. The number of nitrogens with zero attached hydrogens (tertiary/aromatic N) is 2. The molecule has 1 unspecified atom stereocenters. The van der Waals surface area contributed by atoms with E-state index in [1.807, 2.05) is 24.3 Å². The van der Waals surface area contributed by atoms with Gasteiger partial charge in [-0.15, -0.1) is 0 Å². The summed E-state index contributed by atoms with van der Waals surface area (Å²) in [5.41, 5.74) is 5.93. The molecule has 140 valence electrons. The Morgan fingerprint density at radius 2 is 2.04 bits per heavy atom. The minimum atomic E-state index is -0.290. The van der Waals surface area contributed by atoms with Crippen LogP contribution in [-0.4, -0.2) is 22.5 Å². The van der Waals surface area contributed by atoms with Crippen molar-refractivity contribution in [3.63, 3.8) is 0 Å². The van der Waals surface area contributed by atoms with Crippen LogP contribution in [0, 0.1) is 0 Å². The first kappa shape index (κ1) is 17.4. The Labute approximate surface area is 158 Å². The first-order valence-electron chi connectivity index (χ1n) is 9.19. The molecule has 6 heteroatoms. The summed E-state index contributed by atoms with van der Waals surface area (Å²) in [6, 6.07) is 13.6. The van der Waals surface area contributed by atoms with Crippen LogP contribution >= 0.6 is 0 Å². The first-order valence-corrected chi connectivity index (χ1v) is 9.19. The SMILES string of the molecule is CC(C)(C)c1ccc2c(c1)OCCC2NC(=O)Nn1ncc2ccccc21. The van der Waals surface area contributed by atoms with Crippen molar-refractivity contribution < 1.29 is 9.53 Å². The Bertz CT molecular complexity index is 987. The Hall–Kier alpha value is -3.02. The van der Waals surface area contributed by atoms with Crippen molar-refractivity contribution in [3.05, 3.63) is 59.8 Å². The number of urea groups is 1. The van der Waals surface area contributed by atoms with Crippen LogP contribution < -0.4 is 15.5 Å². The highest BCUT2D eigenvalue weighted by atomic mass is 16.5. The topological polar surface area (TPSA) is 68.2 Å². The summed E-state index contributed by atoms with van der Waals surface area (Å²) in [4.78, 5) is 14.0. The van der Waals surface area contributed by atoms with Gasteiger partial charge < -0.3 is 10.1 Å². The van der Waals surface area contributed by atoms with Gasteiger partial charge in [0.25, 0.3) is 0 Å². The maximum Gasteiger partial charge on any atom is 0.335 e. The first-order chi connectivity index (χ1) is 12.9. The summed E-state index contributed by atoms with van der Waals surface area (Å²) < 4.78 is 5.85. The fourth-order valence-electron chi connectivity index (χ4n) is 3.35. The molecule has 6 nitrogen and oxygen atoms in total. The van der Waals surface area contributed by atoms with E-state index in [4.69, 9.17) is 4.74 Å². The molecule has 2 N–H and O–H groups in total. The average Bonchev–Trinajstić information content (AvgIpc) is 3.04. The summed E-state index contributed by atoms with van der Waals surface area (Å²) in [6.45, 7) is 7.11. The molecule has 2 heterocycles. The molecule has 3 aromatic rings. The van der Waals surface area contributed by atoms with Crippen LogP contribution in [-0.2, 0) is 5.41 Å². The number of aromatic nitrogens is 2. The third-order valence-electron chi connectivity index (χ3n) is 4.91. The molecule has 0 saturated heterocycles. The van der Waals surface area contributed by atoms with Gasteiger partial charge in [-0.3, -0.25) is 0 Å². The number of nitrogens with one attached hydrogen (secondary N) is 2. The number of ether oxygens (including phenoxy) is 1. The Morgan fingerprint density at radius 1 is 1.22 bits per heavy atom. The fourth-order valence-corrected chi connectivity index (χ4v) is 3.35. The van der Waals surface area contributed by atoms with Crippen LogP contribution in [0.25, 0.3) is 10.9 Å². The number of hydrogen-bond acceptors (Lipinski definition) is 3. The third-order valence-corrected chi connectivity index (χ3v) is 4.91. The van der Waals surface area contributed by atoms with Crippen molar-refractivity contribution in [1.29, 1.82) is 0 Å². The molecule has 0 fully saturated rings. The normalized spacial score (nSPS) is 16.5. The number of hydrogen-bond donors (Lipinski definition) is 2. The predicted octanol–water partition coefficient (Wildman–Crippen LogP) is 4.11. The predicted molar refractivity (Wildman–Crippen MR) is 106 cm³/mol. The summed E-state index contributed by atoms with van der Waals surface area (Å²) in [6.07, 6.45) is 2.46. The smallest absolute Gasteiger partial charge is 0.335 e. The maximum atomic E-state index is 12.5. The summed E-state index contributed by atoms with van der Waals surface area (Å²) in [5, 5.41) is 8.25. The summed E-state index contributed by atoms with van der Waals surface area (Å²) >= 11 is 0. The van der Waals surface area contributed by atoms with Crippen LogP contribution in [0.1, 0.15) is 44.4 Å². The standard InChI is InChI=1S/C21H24N4O2/c1-21(2,3)15-8-9-16-17(10-11-27-19(16)12-15)23-20(26)24-25-18-7-5-4-6-14(18)13-22-25/h4-9,12-13,17H,10-11H2,1-3H3,(H2,23,24,26). The van der Waals surface area contributed by atoms with Gasteiger partial charge >= 0.3 is 6.03 Å². The number of fused-ring (bicyclic) bond motifs is 2. The zero-order chi connectivity index (χ0) is 19.0. The van der Waals surface area contributed by atoms with Crippen molar-refractivity contribution >= 4 is 16.9 Å². The lowest BCUT2D eigenvalue weighted by molar-refractivity contribution is 0.230. The summed E-state index contributed by atoms with van der Waals surface area (Å²) in [5.74, 6) is 0.850. The van der Waals surface area contributed by atoms with Crippen molar-refractivity contribution in [1.82, 2.24) is 15.2 Å². The van der Waals surface area contributed by atoms with Gasteiger partial charge in [-0.05, 0) is 23.1 Å². The lowest BCUT2D eigenvalue weighted by Crippen LogP contribution is -2.38. The molecule has 0 bridgehead atoms. The highest BCUT2D eigenvalue weighted by molar-refractivity contribution is 5.86. The number of carbonyl (C=O) groups excluding carboxylic acids is 1. The molecule has 1 aliphatic rings. The minimum Gasteiger partial charge on any atom is -0.493 e. The highest BCUT2D eigenvalue weighted by Gasteiger charge is 2.25. The molecule has 2 aromatic carbocycles. The van der Waals surface area contributed by atoms with E-state index in [-0.39, 0.29) is 17.5 Å². The largest absolute Gasteiger partial charge is 0.493 e. The van der Waals surface area contributed by atoms with Gasteiger partial charge in [0.1, 0.15) is 5.75 Å². The van der Waals surface area contributed by atoms with E-state index in [1.54, 1.807) is 6.20 Å². The van der Waals surface area contributed by atoms with E-state index in [0.29, 0.717) is 6.61 Å². The Kier molecular flexibility index (Phi) is 4.26. The lowest BCUT2D eigenvalue weighted by Gasteiger charge is -2.29. The second-order valence-electron chi connectivity index (χ2n) is 7.89. The third kappa shape index (κ3) is 3.47. The molecule has 27 heavy (non-hydrogen) atoms. The van der Waals surface area contributed by atoms with Crippen molar-refractivity contribution in [3.8, 4) is 5.75 Å². The quantitative estimate of drug-likeness (QED) is 0.719. The van der Waals surface area contributed by atoms with Crippen LogP contribution in [0.3, 0.4) is 0 Å². The molecule has 0 saturated carbocycles. The van der Waals surface area contributed by atoms with E-state index >= 15 is 0 Å². The molecule has 0 radical (unpaired) electrons. The lowest BCUT2D eigenvalue weighted by atomic mass is 9.85. The van der Waals surface area contributed by atoms with Crippen molar-refractivity contribution in [2.24, 2.45) is 0 Å². The van der Waals surface area contributed by atoms with Gasteiger partial charge in [0, 0.05) is 17.4 Å². The number of carbonyl (C=O) groups is 1. The second kappa shape index (κ2) is 6.61. The molecule has 1 atom stereocenters. The molecule has 4 rings (SSSR count). The van der Waals surface area contributed by atoms with Crippen LogP contribution in [0.5, 0.6) is 5.75 Å². The average molecular weight is 364 g/mol. The monoisotopic (exact) mass is 364 g/mol. The van der Waals surface area contributed by atoms with Gasteiger partial charge in [0.05, 0.1) is 24.4 Å². The van der Waals surface area contributed by atoms with E-state index in [0.717, 1.165) is 28.6 Å². The van der Waals surface area contributed by atoms with E-state index in [9.17, 15) is 4.79 Å². The molecule has 0 aliphatic carbocycles. The van der Waals surface area contributed by atoms with Gasteiger partial charge in [-0.1, -0.05) is 51.1 Å². The highest BCUT2D eigenvalue weighted by Crippen LogP contribution is 2.35. The molecule has 1 aliphatic heterocycles. The van der Waals surface area contributed by atoms with Gasteiger partial charge in [-0.2, -0.15) is 9.89 Å². The van der Waals surface area contributed by atoms with E-state index in [2.05, 4.69) is 54.8 Å². The van der Waals surface area contributed by atoms with Crippen LogP contribution in [0.4, 0.5) is 4.79 Å². The van der Waals surface area contributed by atoms with Gasteiger partial charge in [0.15, 0.2) is 0 Å². The minimum absolute atomic E-state index is 0.0529. The summed E-state index contributed by atoms with van der Waals surface area (Å²) in [7, 11) is 0. The maximum absolute atomic E-state index is 12.5. The second-order valence-corrected chi connectivity index (χ2v) is 7.89. The molecule has 0 spiro atoms. The zero-order valence-electron chi connectivity index (χ0n) is 15.8.